The minimum atomic E-state index is -1.06. The van der Waals surface area contributed by atoms with E-state index in [1.54, 1.807) is 0 Å². The maximum absolute atomic E-state index is 12.9. The van der Waals surface area contributed by atoms with Gasteiger partial charge in [-0.3, -0.25) is 34.2 Å². The summed E-state index contributed by atoms with van der Waals surface area (Å²) < 4.78 is 10.5. The number of amides is 5. The smallest absolute Gasteiger partial charge is 0.264 e. The van der Waals surface area contributed by atoms with Gasteiger partial charge in [-0.05, 0) is 25.0 Å². The average Bonchev–Trinajstić information content (AvgIpc) is 3.03. The standard InChI is InChI=1S/C20H23N3O7.C2H6/c1-2-8-29-9-10-30-11-16(25)21-13-5-3-4-12-17(13)20(28)23(19(12)27)14-6-7-15(24)22-18(14)26;1-2/h3-5,14H,2,6-11H2,1H3,(H,21,25)(H,22,24,26);1-2H3. The molecular weight excluding hydrogens is 418 g/mol. The van der Waals surface area contributed by atoms with Crippen molar-refractivity contribution in [3.8, 4) is 0 Å². The van der Waals surface area contributed by atoms with Crippen LogP contribution >= 0.6 is 0 Å². The molecule has 2 aliphatic rings. The minimum absolute atomic E-state index is 0.0202. The first kappa shape index (κ1) is 25.2. The Bertz CT molecular complexity index is 884. The summed E-state index contributed by atoms with van der Waals surface area (Å²) in [6.45, 7) is 6.99. The van der Waals surface area contributed by atoms with Crippen LogP contribution in [0.4, 0.5) is 5.69 Å². The van der Waals surface area contributed by atoms with Crippen LogP contribution in [0.3, 0.4) is 0 Å². The Morgan fingerprint density at radius 2 is 1.81 bits per heavy atom. The molecule has 1 fully saturated rings. The van der Waals surface area contributed by atoms with E-state index in [2.05, 4.69) is 10.6 Å². The second-order valence-corrected chi connectivity index (χ2v) is 6.89. The van der Waals surface area contributed by atoms with E-state index >= 15 is 0 Å². The lowest BCUT2D eigenvalue weighted by Crippen LogP contribution is -2.54. The van der Waals surface area contributed by atoms with Crippen molar-refractivity contribution in [3.63, 3.8) is 0 Å². The number of rotatable bonds is 9. The van der Waals surface area contributed by atoms with Crippen molar-refractivity contribution in [3.05, 3.63) is 29.3 Å². The van der Waals surface area contributed by atoms with Crippen molar-refractivity contribution in [1.82, 2.24) is 10.2 Å². The highest BCUT2D eigenvalue weighted by Gasteiger charge is 2.45. The molecular formula is C22H29N3O7. The molecule has 1 aromatic carbocycles. The van der Waals surface area contributed by atoms with Crippen LogP contribution in [0.1, 0.15) is 60.7 Å². The fourth-order valence-electron chi connectivity index (χ4n) is 3.33. The van der Waals surface area contributed by atoms with Gasteiger partial charge >= 0.3 is 0 Å². The van der Waals surface area contributed by atoms with Gasteiger partial charge < -0.3 is 14.8 Å². The molecule has 2 heterocycles. The summed E-state index contributed by atoms with van der Waals surface area (Å²) in [5.74, 6) is -2.94. The lowest BCUT2D eigenvalue weighted by molar-refractivity contribution is -0.136. The van der Waals surface area contributed by atoms with Gasteiger partial charge in [-0.1, -0.05) is 26.8 Å². The largest absolute Gasteiger partial charge is 0.379 e. The number of nitrogens with one attached hydrogen (secondary N) is 2. The third-order valence-corrected chi connectivity index (χ3v) is 4.70. The number of anilines is 1. The molecule has 10 nitrogen and oxygen atoms in total. The van der Waals surface area contributed by atoms with Gasteiger partial charge in [-0.25, -0.2) is 0 Å². The number of fused-ring (bicyclic) bond motifs is 1. The van der Waals surface area contributed by atoms with E-state index in [0.717, 1.165) is 11.3 Å². The van der Waals surface area contributed by atoms with Crippen molar-refractivity contribution in [1.29, 1.82) is 0 Å². The molecule has 2 aliphatic heterocycles. The van der Waals surface area contributed by atoms with Crippen LogP contribution in [0, 0.1) is 0 Å². The van der Waals surface area contributed by atoms with E-state index in [1.807, 2.05) is 20.8 Å². The van der Waals surface area contributed by atoms with Gasteiger partial charge in [0.1, 0.15) is 12.6 Å². The number of carbonyl (C=O) groups excluding carboxylic acids is 5. The summed E-state index contributed by atoms with van der Waals surface area (Å²) in [6.07, 6.45) is 0.987. The Morgan fingerprint density at radius 1 is 1.09 bits per heavy atom. The van der Waals surface area contributed by atoms with Gasteiger partial charge in [-0.15, -0.1) is 0 Å². The molecule has 32 heavy (non-hydrogen) atoms. The van der Waals surface area contributed by atoms with Gasteiger partial charge in [0.15, 0.2) is 0 Å². The predicted octanol–water partition coefficient (Wildman–Crippen LogP) is 1.50. The summed E-state index contributed by atoms with van der Waals surface area (Å²) in [6, 6.07) is 3.43. The summed E-state index contributed by atoms with van der Waals surface area (Å²) in [5.41, 5.74) is 0.277. The van der Waals surface area contributed by atoms with E-state index in [4.69, 9.17) is 9.47 Å². The monoisotopic (exact) mass is 447 g/mol. The zero-order valence-corrected chi connectivity index (χ0v) is 18.6. The number of imide groups is 2. The van der Waals surface area contributed by atoms with Crippen molar-refractivity contribution in [2.45, 2.75) is 46.1 Å². The van der Waals surface area contributed by atoms with Crippen molar-refractivity contribution in [2.75, 3.05) is 31.7 Å². The number of piperidine rings is 1. The number of benzene rings is 1. The normalized spacial score (nSPS) is 17.5. The molecule has 0 aromatic heterocycles. The topological polar surface area (TPSA) is 131 Å². The van der Waals surface area contributed by atoms with Gasteiger partial charge in [0, 0.05) is 13.0 Å². The molecule has 1 saturated heterocycles. The molecule has 174 valence electrons. The van der Waals surface area contributed by atoms with Crippen LogP contribution in [0.2, 0.25) is 0 Å². The molecule has 2 N–H and O–H groups in total. The highest BCUT2D eigenvalue weighted by molar-refractivity contribution is 6.26. The fraction of sp³-hybridized carbons (Fsp3) is 0.500. The van der Waals surface area contributed by atoms with Crippen LogP contribution in [-0.4, -0.2) is 66.9 Å². The highest BCUT2D eigenvalue weighted by atomic mass is 16.5. The third kappa shape index (κ3) is 5.77. The van der Waals surface area contributed by atoms with E-state index in [0.29, 0.717) is 13.2 Å². The van der Waals surface area contributed by atoms with Crippen molar-refractivity contribution < 1.29 is 33.4 Å². The SMILES string of the molecule is CC.CCCOCCOCC(=O)Nc1cccc2c1C(=O)N(C1CCC(=O)NC1=O)C2=O. The molecule has 10 heteroatoms. The summed E-state index contributed by atoms with van der Waals surface area (Å²) >= 11 is 0. The van der Waals surface area contributed by atoms with Crippen LogP contribution in [0.25, 0.3) is 0 Å². The third-order valence-electron chi connectivity index (χ3n) is 4.70. The maximum atomic E-state index is 12.9. The van der Waals surface area contributed by atoms with E-state index in [9.17, 15) is 24.0 Å². The van der Waals surface area contributed by atoms with Crippen LogP contribution in [-0.2, 0) is 23.9 Å². The van der Waals surface area contributed by atoms with Gasteiger partial charge in [0.25, 0.3) is 11.8 Å². The first-order chi connectivity index (χ1) is 15.4. The molecule has 5 amide bonds. The number of hydrogen-bond donors (Lipinski definition) is 2. The molecule has 1 aromatic rings. The molecule has 1 atom stereocenters. The van der Waals surface area contributed by atoms with E-state index in [1.165, 1.54) is 18.2 Å². The van der Waals surface area contributed by atoms with Crippen LogP contribution in [0.15, 0.2) is 18.2 Å². The quantitative estimate of drug-likeness (QED) is 0.433. The Labute approximate surface area is 186 Å². The second-order valence-electron chi connectivity index (χ2n) is 6.89. The summed E-state index contributed by atoms with van der Waals surface area (Å²) in [5, 5.41) is 4.72. The Hall–Kier alpha value is -3.11. The second kappa shape index (κ2) is 12.1. The summed E-state index contributed by atoms with van der Waals surface area (Å²) in [7, 11) is 0. The molecule has 0 spiro atoms. The van der Waals surface area contributed by atoms with Crippen molar-refractivity contribution >= 4 is 35.2 Å². The molecule has 1 unspecified atom stereocenters. The Morgan fingerprint density at radius 3 is 2.50 bits per heavy atom. The molecule has 3 rings (SSSR count). The molecule has 0 bridgehead atoms. The van der Waals surface area contributed by atoms with Gasteiger partial charge in [-0.2, -0.15) is 0 Å². The Kier molecular flexibility index (Phi) is 9.48. The lowest BCUT2D eigenvalue weighted by atomic mass is 10.0. The predicted molar refractivity (Wildman–Crippen MR) is 115 cm³/mol. The first-order valence-corrected chi connectivity index (χ1v) is 10.7. The Balaban J connectivity index is 0.00000176. The minimum Gasteiger partial charge on any atom is -0.379 e. The molecule has 0 saturated carbocycles. The van der Waals surface area contributed by atoms with Crippen LogP contribution < -0.4 is 10.6 Å². The van der Waals surface area contributed by atoms with E-state index < -0.39 is 35.6 Å². The zero-order chi connectivity index (χ0) is 23.7. The number of hydrogen-bond acceptors (Lipinski definition) is 7. The van der Waals surface area contributed by atoms with Gasteiger partial charge in [0.2, 0.25) is 17.7 Å². The molecule has 0 aliphatic carbocycles. The van der Waals surface area contributed by atoms with Crippen LogP contribution in [0.5, 0.6) is 0 Å². The summed E-state index contributed by atoms with van der Waals surface area (Å²) in [4.78, 5) is 62.2. The van der Waals surface area contributed by atoms with Gasteiger partial charge in [0.05, 0.1) is 30.0 Å². The number of carbonyl (C=O) groups is 5. The number of ether oxygens (including phenoxy) is 2. The highest BCUT2D eigenvalue weighted by Crippen LogP contribution is 2.32. The molecule has 0 radical (unpaired) electrons. The zero-order valence-electron chi connectivity index (χ0n) is 18.6. The maximum Gasteiger partial charge on any atom is 0.264 e. The lowest BCUT2D eigenvalue weighted by Gasteiger charge is -2.27. The average molecular weight is 447 g/mol. The fourth-order valence-corrected chi connectivity index (χ4v) is 3.33. The van der Waals surface area contributed by atoms with E-state index in [-0.39, 0.29) is 42.9 Å². The first-order valence-electron chi connectivity index (χ1n) is 10.7. The number of nitrogens with zero attached hydrogens (tertiary/aromatic N) is 1. The van der Waals surface area contributed by atoms with Crippen molar-refractivity contribution in [2.24, 2.45) is 0 Å².